The van der Waals surface area contributed by atoms with E-state index in [2.05, 4.69) is 47.6 Å². The van der Waals surface area contributed by atoms with Crippen molar-refractivity contribution < 1.29 is 13.2 Å². The maximum atomic E-state index is 12.1. The molecule has 202 valence electrons. The van der Waals surface area contributed by atoms with Crippen molar-refractivity contribution in [3.8, 4) is 28.3 Å². The van der Waals surface area contributed by atoms with E-state index in [0.717, 1.165) is 35.2 Å². The number of anilines is 1. The van der Waals surface area contributed by atoms with Crippen LogP contribution in [0, 0.1) is 6.92 Å². The van der Waals surface area contributed by atoms with E-state index < -0.39 is 9.84 Å². The van der Waals surface area contributed by atoms with Crippen molar-refractivity contribution in [2.24, 2.45) is 0 Å². The van der Waals surface area contributed by atoms with Crippen molar-refractivity contribution in [3.63, 3.8) is 0 Å². The quantitative estimate of drug-likeness (QED) is 0.250. The van der Waals surface area contributed by atoms with Crippen LogP contribution >= 0.6 is 0 Å². The van der Waals surface area contributed by atoms with E-state index in [4.69, 9.17) is 19.7 Å². The van der Waals surface area contributed by atoms with E-state index in [9.17, 15) is 8.42 Å². The number of hydrogen-bond donors (Lipinski definition) is 1. The van der Waals surface area contributed by atoms with Crippen molar-refractivity contribution in [1.82, 2.24) is 19.9 Å². The van der Waals surface area contributed by atoms with E-state index >= 15 is 0 Å². The summed E-state index contributed by atoms with van der Waals surface area (Å²) in [5, 5.41) is 3.33. The minimum atomic E-state index is -3.34. The second-order valence-corrected chi connectivity index (χ2v) is 12.5. The minimum absolute atomic E-state index is 0.244. The Morgan fingerprint density at radius 2 is 1.73 bits per heavy atom. The van der Waals surface area contributed by atoms with Crippen molar-refractivity contribution in [3.05, 3.63) is 90.3 Å². The zero-order valence-corrected chi connectivity index (χ0v) is 23.4. The number of hydrogen-bond acceptors (Lipinski definition) is 8. The second-order valence-electron chi connectivity index (χ2n) is 10.5. The molecule has 1 aliphatic rings. The first-order valence-corrected chi connectivity index (χ1v) is 15.0. The smallest absolute Gasteiger partial charge is 0.246 e. The molecule has 40 heavy (non-hydrogen) atoms. The summed E-state index contributed by atoms with van der Waals surface area (Å²) >= 11 is 0. The summed E-state index contributed by atoms with van der Waals surface area (Å²) in [6.45, 7) is 4.60. The molecule has 0 bridgehead atoms. The van der Waals surface area contributed by atoms with Crippen molar-refractivity contribution >= 4 is 26.8 Å². The molecule has 3 aromatic heterocycles. The normalized spacial score (nSPS) is 14.2. The van der Waals surface area contributed by atoms with E-state index in [1.165, 1.54) is 6.26 Å². The van der Waals surface area contributed by atoms with Crippen LogP contribution < -0.4 is 10.1 Å². The third-order valence-corrected chi connectivity index (χ3v) is 8.20. The largest absolute Gasteiger partial charge is 0.470 e. The van der Waals surface area contributed by atoms with Gasteiger partial charge in [0.2, 0.25) is 11.8 Å². The summed E-state index contributed by atoms with van der Waals surface area (Å²) in [4.78, 5) is 18.8. The zero-order chi connectivity index (χ0) is 27.9. The first-order valence-electron chi connectivity index (χ1n) is 13.1. The van der Waals surface area contributed by atoms with Gasteiger partial charge in [0.15, 0.2) is 15.4 Å². The molecule has 2 aromatic carbocycles. The van der Waals surface area contributed by atoms with Gasteiger partial charge in [0, 0.05) is 35.8 Å². The summed E-state index contributed by atoms with van der Waals surface area (Å²) in [5.74, 6) is 0.864. The topological polar surface area (TPSA) is 107 Å². The number of rotatable bonds is 8. The molecule has 1 fully saturated rings. The fraction of sp³-hybridized carbons (Fsp3) is 0.226. The lowest BCUT2D eigenvalue weighted by atomic mass is 10.0. The van der Waals surface area contributed by atoms with E-state index in [-0.39, 0.29) is 10.5 Å². The maximum Gasteiger partial charge on any atom is 0.246 e. The lowest BCUT2D eigenvalue weighted by molar-refractivity contribution is 0.194. The van der Waals surface area contributed by atoms with Crippen LogP contribution in [0.25, 0.3) is 33.4 Å². The third-order valence-electron chi connectivity index (χ3n) is 7.09. The number of nitrogens with zero attached hydrogens (tertiary/aromatic N) is 4. The van der Waals surface area contributed by atoms with Crippen LogP contribution in [0.1, 0.15) is 31.0 Å². The fourth-order valence-electron chi connectivity index (χ4n) is 4.47. The van der Waals surface area contributed by atoms with Gasteiger partial charge in [0.05, 0.1) is 16.1 Å². The van der Waals surface area contributed by atoms with Gasteiger partial charge in [0.1, 0.15) is 5.60 Å². The molecule has 6 rings (SSSR count). The highest BCUT2D eigenvalue weighted by molar-refractivity contribution is 7.90. The molecular formula is C31H29N5O3S. The lowest BCUT2D eigenvalue weighted by Crippen LogP contribution is -2.15. The van der Waals surface area contributed by atoms with Gasteiger partial charge in [-0.1, -0.05) is 42.5 Å². The van der Waals surface area contributed by atoms with Gasteiger partial charge >= 0.3 is 0 Å². The molecule has 0 radical (unpaired) electrons. The van der Waals surface area contributed by atoms with Gasteiger partial charge in [0.25, 0.3) is 0 Å². The van der Waals surface area contributed by atoms with E-state index in [1.807, 2.05) is 31.2 Å². The SMILES string of the molecule is Cc1ncccc1-c1ccc(CNc2nc(OC3(C)CC3)c3nc(-c4cccc(S(C)(=O)=O)c4)ccc3n2)cc1. The summed E-state index contributed by atoms with van der Waals surface area (Å²) in [6, 6.07) is 22.8. The molecule has 9 heteroatoms. The average molecular weight is 552 g/mol. The van der Waals surface area contributed by atoms with Gasteiger partial charge in [-0.25, -0.2) is 18.4 Å². The number of pyridine rings is 2. The third kappa shape index (κ3) is 5.51. The monoisotopic (exact) mass is 551 g/mol. The Bertz CT molecular complexity index is 1830. The van der Waals surface area contributed by atoms with Crippen LogP contribution in [-0.2, 0) is 16.4 Å². The van der Waals surface area contributed by atoms with Crippen molar-refractivity contribution in [2.75, 3.05) is 11.6 Å². The molecule has 0 spiro atoms. The Kier molecular flexibility index (Phi) is 6.46. The molecule has 0 amide bonds. The summed E-state index contributed by atoms with van der Waals surface area (Å²) in [5.41, 5.74) is 6.54. The van der Waals surface area contributed by atoms with Crippen LogP contribution in [0.4, 0.5) is 5.95 Å². The van der Waals surface area contributed by atoms with E-state index in [1.54, 1.807) is 24.4 Å². The van der Waals surface area contributed by atoms with Crippen LogP contribution in [0.15, 0.2) is 83.9 Å². The molecule has 1 N–H and O–H groups in total. The number of sulfone groups is 1. The number of nitrogens with one attached hydrogen (secondary N) is 1. The summed E-state index contributed by atoms with van der Waals surface area (Å²) in [6.07, 6.45) is 4.88. The molecule has 1 aliphatic carbocycles. The van der Waals surface area contributed by atoms with Crippen molar-refractivity contribution in [1.29, 1.82) is 0 Å². The Hall–Kier alpha value is -4.37. The van der Waals surface area contributed by atoms with E-state index in [0.29, 0.717) is 40.7 Å². The first-order chi connectivity index (χ1) is 19.2. The molecule has 3 heterocycles. The Morgan fingerprint density at radius 3 is 2.45 bits per heavy atom. The summed E-state index contributed by atoms with van der Waals surface area (Å²) < 4.78 is 30.5. The lowest BCUT2D eigenvalue weighted by Gasteiger charge is -2.15. The number of fused-ring (bicyclic) bond motifs is 1. The van der Waals surface area contributed by atoms with Crippen molar-refractivity contribution in [2.45, 2.75) is 43.7 Å². The highest BCUT2D eigenvalue weighted by atomic mass is 32.2. The predicted molar refractivity (Wildman–Crippen MR) is 156 cm³/mol. The minimum Gasteiger partial charge on any atom is -0.470 e. The fourth-order valence-corrected chi connectivity index (χ4v) is 5.14. The number of benzene rings is 2. The van der Waals surface area contributed by atoms with Crippen LogP contribution in [0.5, 0.6) is 5.88 Å². The Labute approximate surface area is 233 Å². The van der Waals surface area contributed by atoms with Gasteiger partial charge < -0.3 is 10.1 Å². The van der Waals surface area contributed by atoms with Gasteiger partial charge in [-0.3, -0.25) is 4.98 Å². The maximum absolute atomic E-state index is 12.1. The molecule has 8 nitrogen and oxygen atoms in total. The highest BCUT2D eigenvalue weighted by Crippen LogP contribution is 2.41. The van der Waals surface area contributed by atoms with Gasteiger partial charge in [-0.2, -0.15) is 4.98 Å². The predicted octanol–water partition coefficient (Wildman–Crippen LogP) is 6.01. The second kappa shape index (κ2) is 9.98. The Morgan fingerprint density at radius 1 is 0.925 bits per heavy atom. The zero-order valence-electron chi connectivity index (χ0n) is 22.5. The van der Waals surface area contributed by atoms with Crippen LogP contribution in [0.3, 0.4) is 0 Å². The molecule has 5 aromatic rings. The summed E-state index contributed by atoms with van der Waals surface area (Å²) in [7, 11) is -3.34. The van der Waals surface area contributed by atoms with Gasteiger partial charge in [-0.05, 0) is 68.1 Å². The standard InChI is InChI=1S/C31H29N5O3S/c1-20-25(8-5-17-32-20)22-11-9-21(10-12-22)19-33-30-35-27-14-13-26(23-6-4-7-24(18-23)40(3,37)38)34-28(27)29(36-30)39-31(2)15-16-31/h4-14,17-18H,15-16,19H2,1-3H3,(H,33,35,36). The van der Waals surface area contributed by atoms with Gasteiger partial charge in [-0.15, -0.1) is 0 Å². The molecule has 0 saturated heterocycles. The molecular weight excluding hydrogens is 522 g/mol. The molecule has 0 atom stereocenters. The number of aromatic nitrogens is 4. The van der Waals surface area contributed by atoms with Crippen LogP contribution in [-0.4, -0.2) is 40.2 Å². The Balaban J connectivity index is 1.29. The number of ether oxygens (including phenoxy) is 1. The first kappa shape index (κ1) is 25.9. The van der Waals surface area contributed by atoms with Crippen LogP contribution in [0.2, 0.25) is 0 Å². The average Bonchev–Trinajstić information content (AvgIpc) is 3.68. The molecule has 0 aliphatic heterocycles. The number of aryl methyl sites for hydroxylation is 1. The molecule has 0 unspecified atom stereocenters. The highest BCUT2D eigenvalue weighted by Gasteiger charge is 2.41. The molecule has 1 saturated carbocycles.